The highest BCUT2D eigenvalue weighted by Gasteiger charge is 2.33. The van der Waals surface area contributed by atoms with E-state index in [-0.39, 0.29) is 17.8 Å². The third-order valence-electron chi connectivity index (χ3n) is 4.93. The molecular weight excluding hydrogens is 346 g/mol. The summed E-state index contributed by atoms with van der Waals surface area (Å²) in [7, 11) is 3.21. The minimum atomic E-state index is -0.183. The zero-order valence-electron chi connectivity index (χ0n) is 15.5. The first-order valence-corrected chi connectivity index (χ1v) is 8.83. The molecule has 1 fully saturated rings. The quantitative estimate of drug-likeness (QED) is 0.704. The number of aryl methyl sites for hydroxylation is 1. The number of carbonyl (C=O) groups is 1. The summed E-state index contributed by atoms with van der Waals surface area (Å²) in [5.41, 5.74) is 1.89. The topological polar surface area (TPSA) is 81.9 Å². The van der Waals surface area contributed by atoms with Gasteiger partial charge in [-0.3, -0.25) is 4.79 Å². The van der Waals surface area contributed by atoms with Gasteiger partial charge >= 0.3 is 0 Å². The van der Waals surface area contributed by atoms with Crippen LogP contribution < -0.4 is 9.47 Å². The molecule has 140 valence electrons. The number of benzene rings is 1. The Bertz CT molecular complexity index is 1000. The van der Waals surface area contributed by atoms with Gasteiger partial charge < -0.3 is 14.4 Å². The molecule has 1 aliphatic rings. The van der Waals surface area contributed by atoms with Gasteiger partial charge in [-0.25, -0.2) is 9.50 Å². The molecule has 0 radical (unpaired) electrons. The summed E-state index contributed by atoms with van der Waals surface area (Å²) in [6.45, 7) is 2.57. The summed E-state index contributed by atoms with van der Waals surface area (Å²) in [5.74, 6) is 1.74. The number of likely N-dealkylation sites (tertiary alicyclic amines) is 1. The number of nitrogens with zero attached hydrogens (tertiary/aromatic N) is 5. The molecule has 8 heteroatoms. The van der Waals surface area contributed by atoms with Crippen molar-refractivity contribution in [2.24, 2.45) is 0 Å². The number of hydrogen-bond donors (Lipinski definition) is 0. The van der Waals surface area contributed by atoms with Gasteiger partial charge in [-0.05, 0) is 43.5 Å². The van der Waals surface area contributed by atoms with E-state index >= 15 is 0 Å². The van der Waals surface area contributed by atoms with Crippen LogP contribution in [0.15, 0.2) is 30.5 Å². The van der Waals surface area contributed by atoms with Gasteiger partial charge in [0.15, 0.2) is 11.5 Å². The SMILES string of the molecule is COc1ccc(C2CCCN2C(=O)c2nc3nccc(C)n3n2)cc1OC. The van der Waals surface area contributed by atoms with Gasteiger partial charge in [-0.1, -0.05) is 6.07 Å². The number of ether oxygens (including phenoxy) is 2. The second-order valence-corrected chi connectivity index (χ2v) is 6.50. The van der Waals surface area contributed by atoms with E-state index in [4.69, 9.17) is 9.47 Å². The fourth-order valence-electron chi connectivity index (χ4n) is 3.54. The second-order valence-electron chi connectivity index (χ2n) is 6.50. The largest absolute Gasteiger partial charge is 0.493 e. The summed E-state index contributed by atoms with van der Waals surface area (Å²) in [4.78, 5) is 23.4. The fraction of sp³-hybridized carbons (Fsp3) is 0.368. The summed E-state index contributed by atoms with van der Waals surface area (Å²) < 4.78 is 12.3. The molecule has 0 N–H and O–H groups in total. The molecule has 1 atom stereocenters. The van der Waals surface area contributed by atoms with Gasteiger partial charge in [0.05, 0.1) is 20.3 Å². The van der Waals surface area contributed by atoms with Crippen LogP contribution in [-0.4, -0.2) is 51.2 Å². The minimum Gasteiger partial charge on any atom is -0.493 e. The van der Waals surface area contributed by atoms with Crippen molar-refractivity contribution in [3.63, 3.8) is 0 Å². The monoisotopic (exact) mass is 367 g/mol. The molecule has 8 nitrogen and oxygen atoms in total. The van der Waals surface area contributed by atoms with E-state index in [0.717, 1.165) is 24.1 Å². The molecule has 4 rings (SSSR count). The van der Waals surface area contributed by atoms with E-state index in [2.05, 4.69) is 15.1 Å². The average Bonchev–Trinajstić information content (AvgIpc) is 3.34. The summed E-state index contributed by atoms with van der Waals surface area (Å²) in [5, 5.41) is 4.35. The highest BCUT2D eigenvalue weighted by Crippen LogP contribution is 2.37. The summed E-state index contributed by atoms with van der Waals surface area (Å²) in [6, 6.07) is 7.56. The molecule has 27 heavy (non-hydrogen) atoms. The molecule has 0 bridgehead atoms. The maximum atomic E-state index is 13.1. The van der Waals surface area contributed by atoms with Crippen LogP contribution in [0.4, 0.5) is 0 Å². The third kappa shape index (κ3) is 2.97. The van der Waals surface area contributed by atoms with Crippen molar-refractivity contribution in [1.29, 1.82) is 0 Å². The average molecular weight is 367 g/mol. The fourth-order valence-corrected chi connectivity index (χ4v) is 3.54. The Morgan fingerprint density at radius 1 is 1.19 bits per heavy atom. The smallest absolute Gasteiger partial charge is 0.294 e. The highest BCUT2D eigenvalue weighted by atomic mass is 16.5. The highest BCUT2D eigenvalue weighted by molar-refractivity contribution is 5.91. The van der Waals surface area contributed by atoms with Crippen LogP contribution in [0.3, 0.4) is 0 Å². The Hall–Kier alpha value is -3.16. The summed E-state index contributed by atoms with van der Waals surface area (Å²) >= 11 is 0. The van der Waals surface area contributed by atoms with Gasteiger partial charge in [0.25, 0.3) is 11.7 Å². The van der Waals surface area contributed by atoms with Crippen molar-refractivity contribution in [1.82, 2.24) is 24.5 Å². The van der Waals surface area contributed by atoms with Crippen LogP contribution >= 0.6 is 0 Å². The van der Waals surface area contributed by atoms with Crippen molar-refractivity contribution in [3.8, 4) is 11.5 Å². The van der Waals surface area contributed by atoms with E-state index in [1.54, 1.807) is 24.9 Å². The van der Waals surface area contributed by atoms with Crippen LogP contribution in [0.5, 0.6) is 11.5 Å². The lowest BCUT2D eigenvalue weighted by Gasteiger charge is -2.24. The van der Waals surface area contributed by atoms with Gasteiger partial charge in [0.1, 0.15) is 0 Å². The lowest BCUT2D eigenvalue weighted by atomic mass is 10.0. The van der Waals surface area contributed by atoms with Gasteiger partial charge in [0, 0.05) is 18.4 Å². The van der Waals surface area contributed by atoms with Crippen LogP contribution in [0.1, 0.15) is 40.8 Å². The molecule has 0 spiro atoms. The van der Waals surface area contributed by atoms with Crippen LogP contribution in [0.25, 0.3) is 5.78 Å². The number of amides is 1. The van der Waals surface area contributed by atoms with Crippen LogP contribution in [0, 0.1) is 6.92 Å². The molecule has 1 amide bonds. The van der Waals surface area contributed by atoms with E-state index in [1.165, 1.54) is 0 Å². The molecule has 3 heterocycles. The van der Waals surface area contributed by atoms with Gasteiger partial charge in [0.2, 0.25) is 5.82 Å². The zero-order valence-corrected chi connectivity index (χ0v) is 15.5. The first-order valence-electron chi connectivity index (χ1n) is 8.83. The maximum absolute atomic E-state index is 13.1. The lowest BCUT2D eigenvalue weighted by Crippen LogP contribution is -2.31. The van der Waals surface area contributed by atoms with Crippen molar-refractivity contribution in [2.45, 2.75) is 25.8 Å². The molecule has 0 saturated carbocycles. The van der Waals surface area contributed by atoms with Gasteiger partial charge in [-0.15, -0.1) is 5.10 Å². The molecule has 3 aromatic rings. The molecule has 1 aromatic carbocycles. The number of methoxy groups -OCH3 is 2. The number of hydrogen-bond acceptors (Lipinski definition) is 6. The van der Waals surface area contributed by atoms with Crippen molar-refractivity contribution in [2.75, 3.05) is 20.8 Å². The zero-order chi connectivity index (χ0) is 19.0. The minimum absolute atomic E-state index is 0.0435. The van der Waals surface area contributed by atoms with Gasteiger partial charge in [-0.2, -0.15) is 4.98 Å². The molecule has 2 aromatic heterocycles. The van der Waals surface area contributed by atoms with Crippen molar-refractivity contribution < 1.29 is 14.3 Å². The van der Waals surface area contributed by atoms with Crippen LogP contribution in [0.2, 0.25) is 0 Å². The van der Waals surface area contributed by atoms with E-state index in [9.17, 15) is 4.79 Å². The molecule has 1 unspecified atom stereocenters. The normalized spacial score (nSPS) is 16.7. The van der Waals surface area contributed by atoms with Crippen molar-refractivity contribution >= 4 is 11.7 Å². The number of carbonyl (C=O) groups excluding carboxylic acids is 1. The molecule has 1 saturated heterocycles. The molecular formula is C19H21N5O3. The Labute approximate surface area is 156 Å². The summed E-state index contributed by atoms with van der Waals surface area (Å²) in [6.07, 6.45) is 3.47. The Morgan fingerprint density at radius 3 is 2.74 bits per heavy atom. The van der Waals surface area contributed by atoms with Crippen LogP contribution in [-0.2, 0) is 0 Å². The number of aromatic nitrogens is 4. The first-order chi connectivity index (χ1) is 13.1. The predicted molar refractivity (Wildman–Crippen MR) is 98.1 cm³/mol. The lowest BCUT2D eigenvalue weighted by molar-refractivity contribution is 0.0723. The Kier molecular flexibility index (Phi) is 4.39. The van der Waals surface area contributed by atoms with Crippen molar-refractivity contribution in [3.05, 3.63) is 47.5 Å². The molecule has 1 aliphatic heterocycles. The third-order valence-corrected chi connectivity index (χ3v) is 4.93. The maximum Gasteiger partial charge on any atom is 0.294 e. The van der Waals surface area contributed by atoms with E-state index in [0.29, 0.717) is 23.8 Å². The standard InChI is InChI=1S/C19H21N5O3/c1-12-8-9-20-19-21-17(22-24(12)19)18(25)23-10-4-5-14(23)13-6-7-15(26-2)16(11-13)27-3/h6-9,11,14H,4-5,10H2,1-3H3. The first kappa shape index (κ1) is 17.3. The number of fused-ring (bicyclic) bond motifs is 1. The Balaban J connectivity index is 1.66. The predicted octanol–water partition coefficient (Wildman–Crippen LogP) is 2.43. The Morgan fingerprint density at radius 2 is 2.00 bits per heavy atom. The van der Waals surface area contributed by atoms with E-state index in [1.807, 2.05) is 36.1 Å². The van der Waals surface area contributed by atoms with E-state index < -0.39 is 0 Å². The second kappa shape index (κ2) is 6.86. The molecule has 0 aliphatic carbocycles. The number of rotatable bonds is 4.